The third-order valence-corrected chi connectivity index (χ3v) is 3.59. The fraction of sp³-hybridized carbons (Fsp3) is 1.00. The van der Waals surface area contributed by atoms with E-state index in [1.54, 1.807) is 0 Å². The predicted molar refractivity (Wildman–Crippen MR) is 60.4 cm³/mol. The Morgan fingerprint density at radius 1 is 1.36 bits per heavy atom. The van der Waals surface area contributed by atoms with E-state index in [4.69, 9.17) is 0 Å². The van der Waals surface area contributed by atoms with Crippen LogP contribution in [0.15, 0.2) is 0 Å². The molecule has 1 fully saturated rings. The van der Waals surface area contributed by atoms with E-state index in [9.17, 15) is 5.11 Å². The lowest BCUT2D eigenvalue weighted by Gasteiger charge is -2.40. The van der Waals surface area contributed by atoms with E-state index in [1.165, 1.54) is 19.3 Å². The van der Waals surface area contributed by atoms with Crippen LogP contribution in [0.25, 0.3) is 0 Å². The van der Waals surface area contributed by atoms with Gasteiger partial charge in [-0.15, -0.1) is 0 Å². The molecular formula is C12H25NO. The van der Waals surface area contributed by atoms with Crippen molar-refractivity contribution in [3.8, 4) is 0 Å². The summed E-state index contributed by atoms with van der Waals surface area (Å²) in [6, 6.07) is 0. The van der Waals surface area contributed by atoms with Gasteiger partial charge in [0.2, 0.25) is 0 Å². The summed E-state index contributed by atoms with van der Waals surface area (Å²) in [6.45, 7) is 6.38. The van der Waals surface area contributed by atoms with Gasteiger partial charge in [0.1, 0.15) is 0 Å². The fourth-order valence-electron chi connectivity index (χ4n) is 2.51. The van der Waals surface area contributed by atoms with Crippen molar-refractivity contribution in [2.45, 2.75) is 58.0 Å². The molecule has 2 atom stereocenters. The van der Waals surface area contributed by atoms with E-state index < -0.39 is 0 Å². The van der Waals surface area contributed by atoms with Crippen LogP contribution < -0.4 is 5.32 Å². The van der Waals surface area contributed by atoms with E-state index in [-0.39, 0.29) is 5.60 Å². The van der Waals surface area contributed by atoms with Crippen LogP contribution in [0.5, 0.6) is 0 Å². The fourth-order valence-corrected chi connectivity index (χ4v) is 2.51. The van der Waals surface area contributed by atoms with Crippen molar-refractivity contribution < 1.29 is 5.11 Å². The van der Waals surface area contributed by atoms with Gasteiger partial charge in [0.25, 0.3) is 0 Å². The van der Waals surface area contributed by atoms with E-state index >= 15 is 0 Å². The molecular weight excluding hydrogens is 174 g/mol. The summed E-state index contributed by atoms with van der Waals surface area (Å²) in [6.07, 6.45) is 6.71. The van der Waals surface area contributed by atoms with Crippen LogP contribution in [-0.2, 0) is 0 Å². The van der Waals surface area contributed by atoms with Gasteiger partial charge in [-0.3, -0.25) is 0 Å². The first-order chi connectivity index (χ1) is 6.73. The Balaban J connectivity index is 2.41. The first kappa shape index (κ1) is 12.0. The minimum Gasteiger partial charge on any atom is -0.390 e. The largest absolute Gasteiger partial charge is 0.390 e. The Morgan fingerprint density at radius 2 is 2.14 bits per heavy atom. The number of hydrogen-bond donors (Lipinski definition) is 2. The molecule has 0 aromatic heterocycles. The molecule has 1 rings (SSSR count). The Kier molecular flexibility index (Phi) is 4.90. The second-order valence-corrected chi connectivity index (χ2v) is 4.62. The summed E-state index contributed by atoms with van der Waals surface area (Å²) in [7, 11) is 0. The van der Waals surface area contributed by atoms with Gasteiger partial charge >= 0.3 is 0 Å². The second kappa shape index (κ2) is 5.72. The summed E-state index contributed by atoms with van der Waals surface area (Å²) in [4.78, 5) is 0. The highest BCUT2D eigenvalue weighted by Crippen LogP contribution is 2.31. The summed E-state index contributed by atoms with van der Waals surface area (Å²) in [5.41, 5.74) is -0.366. The molecule has 2 N–H and O–H groups in total. The van der Waals surface area contributed by atoms with Gasteiger partial charge in [-0.05, 0) is 31.7 Å². The standard InChI is InChI=1S/C12H25NO/c1-3-5-6-7-12(14)8-9-13-10-11(12)4-2/h11,13-14H,3-10H2,1-2H3. The molecule has 0 aromatic carbocycles. The molecule has 1 saturated heterocycles. The smallest absolute Gasteiger partial charge is 0.0699 e. The van der Waals surface area contributed by atoms with Gasteiger partial charge in [-0.25, -0.2) is 0 Å². The first-order valence-electron chi connectivity index (χ1n) is 6.16. The number of aliphatic hydroxyl groups is 1. The van der Waals surface area contributed by atoms with Crippen molar-refractivity contribution in [1.82, 2.24) is 5.32 Å². The molecule has 0 bridgehead atoms. The molecule has 84 valence electrons. The number of nitrogens with one attached hydrogen (secondary N) is 1. The van der Waals surface area contributed by atoms with Crippen LogP contribution in [0.1, 0.15) is 52.4 Å². The Hall–Kier alpha value is -0.0800. The quantitative estimate of drug-likeness (QED) is 0.666. The topological polar surface area (TPSA) is 32.3 Å². The summed E-state index contributed by atoms with van der Waals surface area (Å²) in [5, 5.41) is 13.9. The van der Waals surface area contributed by atoms with Crippen LogP contribution in [0.2, 0.25) is 0 Å². The molecule has 0 spiro atoms. The summed E-state index contributed by atoms with van der Waals surface area (Å²) >= 11 is 0. The predicted octanol–water partition coefficient (Wildman–Crippen LogP) is 2.32. The number of unbranched alkanes of at least 4 members (excludes halogenated alkanes) is 2. The average Bonchev–Trinajstić information content (AvgIpc) is 2.19. The number of piperidine rings is 1. The van der Waals surface area contributed by atoms with Crippen LogP contribution in [-0.4, -0.2) is 23.8 Å². The highest BCUT2D eigenvalue weighted by Gasteiger charge is 2.36. The molecule has 1 aliphatic heterocycles. The highest BCUT2D eigenvalue weighted by molar-refractivity contribution is 4.91. The van der Waals surface area contributed by atoms with Crippen LogP contribution >= 0.6 is 0 Å². The van der Waals surface area contributed by atoms with E-state index in [1.807, 2.05) is 0 Å². The third kappa shape index (κ3) is 2.96. The first-order valence-corrected chi connectivity index (χ1v) is 6.16. The number of rotatable bonds is 5. The zero-order valence-corrected chi connectivity index (χ0v) is 9.68. The molecule has 14 heavy (non-hydrogen) atoms. The van der Waals surface area contributed by atoms with E-state index in [2.05, 4.69) is 19.2 Å². The molecule has 2 nitrogen and oxygen atoms in total. The minimum absolute atomic E-state index is 0.366. The van der Waals surface area contributed by atoms with Crippen molar-refractivity contribution in [2.24, 2.45) is 5.92 Å². The maximum absolute atomic E-state index is 10.5. The molecule has 0 aromatic rings. The highest BCUT2D eigenvalue weighted by atomic mass is 16.3. The van der Waals surface area contributed by atoms with Gasteiger partial charge in [0, 0.05) is 6.54 Å². The Morgan fingerprint density at radius 3 is 2.79 bits per heavy atom. The van der Waals surface area contributed by atoms with Crippen molar-refractivity contribution in [3.63, 3.8) is 0 Å². The van der Waals surface area contributed by atoms with Crippen LogP contribution in [0.3, 0.4) is 0 Å². The van der Waals surface area contributed by atoms with Crippen LogP contribution in [0, 0.1) is 5.92 Å². The number of hydrogen-bond acceptors (Lipinski definition) is 2. The van der Waals surface area contributed by atoms with E-state index in [0.717, 1.165) is 32.4 Å². The Bertz CT molecular complexity index is 160. The van der Waals surface area contributed by atoms with Gasteiger partial charge in [0.15, 0.2) is 0 Å². The molecule has 2 unspecified atom stereocenters. The maximum Gasteiger partial charge on any atom is 0.0699 e. The monoisotopic (exact) mass is 199 g/mol. The van der Waals surface area contributed by atoms with Gasteiger partial charge < -0.3 is 10.4 Å². The molecule has 0 saturated carbocycles. The maximum atomic E-state index is 10.5. The van der Waals surface area contributed by atoms with Crippen molar-refractivity contribution in [2.75, 3.05) is 13.1 Å². The molecule has 0 aliphatic carbocycles. The molecule has 1 aliphatic rings. The zero-order valence-electron chi connectivity index (χ0n) is 9.68. The van der Waals surface area contributed by atoms with E-state index in [0.29, 0.717) is 5.92 Å². The molecule has 0 radical (unpaired) electrons. The van der Waals surface area contributed by atoms with Crippen molar-refractivity contribution in [3.05, 3.63) is 0 Å². The lowest BCUT2D eigenvalue weighted by atomic mass is 9.77. The van der Waals surface area contributed by atoms with Crippen molar-refractivity contribution >= 4 is 0 Å². The van der Waals surface area contributed by atoms with Crippen molar-refractivity contribution in [1.29, 1.82) is 0 Å². The molecule has 0 amide bonds. The second-order valence-electron chi connectivity index (χ2n) is 4.62. The average molecular weight is 199 g/mol. The van der Waals surface area contributed by atoms with Crippen LogP contribution in [0.4, 0.5) is 0 Å². The molecule has 2 heteroatoms. The Labute approximate surface area is 88.1 Å². The van der Waals surface area contributed by atoms with Gasteiger partial charge in [0.05, 0.1) is 5.60 Å². The normalized spacial score (nSPS) is 33.2. The lowest BCUT2D eigenvalue weighted by molar-refractivity contribution is -0.0503. The summed E-state index contributed by atoms with van der Waals surface area (Å²) in [5.74, 6) is 0.466. The minimum atomic E-state index is -0.366. The zero-order chi connectivity index (χ0) is 10.4. The van der Waals surface area contributed by atoms with Gasteiger partial charge in [-0.2, -0.15) is 0 Å². The lowest BCUT2D eigenvalue weighted by Crippen LogP contribution is -2.49. The van der Waals surface area contributed by atoms with Gasteiger partial charge in [-0.1, -0.05) is 33.1 Å². The SMILES string of the molecule is CCCCCC1(O)CCNCC1CC. The molecule has 1 heterocycles. The third-order valence-electron chi connectivity index (χ3n) is 3.59. The summed E-state index contributed by atoms with van der Waals surface area (Å²) < 4.78 is 0.